The summed E-state index contributed by atoms with van der Waals surface area (Å²) in [6.07, 6.45) is 0.989. The Hall–Kier alpha value is -1.84. The number of carbonyl (C=O) groups excluding carboxylic acids is 2. The molecule has 1 rings (SSSR count). The number of esters is 2. The molecular weight excluding hydrogens is 280 g/mol. The molecule has 0 radical (unpaired) electrons. The van der Waals surface area contributed by atoms with E-state index in [0.717, 1.165) is 12.0 Å². The number of hydrogen-bond acceptors (Lipinski definition) is 4. The van der Waals surface area contributed by atoms with Gasteiger partial charge >= 0.3 is 11.9 Å². The van der Waals surface area contributed by atoms with Gasteiger partial charge in [0, 0.05) is 0 Å². The number of rotatable bonds is 6. The minimum Gasteiger partial charge on any atom is -0.465 e. The van der Waals surface area contributed by atoms with Crippen LogP contribution in [0.1, 0.15) is 66.3 Å². The second kappa shape index (κ2) is 7.97. The summed E-state index contributed by atoms with van der Waals surface area (Å²) in [6.45, 7) is 8.63. The molecule has 4 heteroatoms. The van der Waals surface area contributed by atoms with Gasteiger partial charge in [-0.05, 0) is 47.9 Å². The number of carbonyl (C=O) groups is 2. The van der Waals surface area contributed by atoms with Crippen LogP contribution in [0.4, 0.5) is 0 Å². The van der Waals surface area contributed by atoms with Crippen molar-refractivity contribution in [3.05, 3.63) is 34.9 Å². The molecule has 0 heterocycles. The molecule has 1 aromatic carbocycles. The molecule has 0 saturated heterocycles. The third-order valence-corrected chi connectivity index (χ3v) is 3.76. The van der Waals surface area contributed by atoms with Gasteiger partial charge in [0.25, 0.3) is 0 Å². The Bertz CT molecular complexity index is 498. The molecule has 1 atom stereocenters. The largest absolute Gasteiger partial charge is 0.465 e. The van der Waals surface area contributed by atoms with Crippen LogP contribution in [0.15, 0.2) is 18.2 Å². The minimum absolute atomic E-state index is 0.271. The molecule has 0 spiro atoms. The van der Waals surface area contributed by atoms with Crippen molar-refractivity contribution in [3.8, 4) is 0 Å². The molecule has 0 aromatic heterocycles. The Morgan fingerprint density at radius 1 is 0.909 bits per heavy atom. The van der Waals surface area contributed by atoms with Crippen LogP contribution in [-0.4, -0.2) is 26.2 Å². The van der Waals surface area contributed by atoms with E-state index in [4.69, 9.17) is 9.47 Å². The van der Waals surface area contributed by atoms with Crippen molar-refractivity contribution in [1.82, 2.24) is 0 Å². The highest BCUT2D eigenvalue weighted by Gasteiger charge is 2.21. The average molecular weight is 306 g/mol. The lowest BCUT2D eigenvalue weighted by molar-refractivity contribution is 0.0599. The van der Waals surface area contributed by atoms with Crippen molar-refractivity contribution in [1.29, 1.82) is 0 Å². The molecule has 122 valence electrons. The van der Waals surface area contributed by atoms with Gasteiger partial charge < -0.3 is 9.47 Å². The Kier molecular flexibility index (Phi) is 6.60. The lowest BCUT2D eigenvalue weighted by Crippen LogP contribution is -2.14. The summed E-state index contributed by atoms with van der Waals surface area (Å²) in [7, 11) is 2.67. The van der Waals surface area contributed by atoms with Crippen molar-refractivity contribution in [2.24, 2.45) is 11.8 Å². The predicted molar refractivity (Wildman–Crippen MR) is 86.2 cm³/mol. The van der Waals surface area contributed by atoms with E-state index in [-0.39, 0.29) is 5.92 Å². The lowest BCUT2D eigenvalue weighted by Gasteiger charge is -2.24. The lowest BCUT2D eigenvalue weighted by atomic mass is 9.81. The Morgan fingerprint density at radius 2 is 1.36 bits per heavy atom. The topological polar surface area (TPSA) is 52.6 Å². The highest BCUT2D eigenvalue weighted by atomic mass is 16.5. The van der Waals surface area contributed by atoms with Crippen LogP contribution in [0.25, 0.3) is 0 Å². The second-order valence-corrected chi connectivity index (χ2v) is 6.31. The maximum Gasteiger partial charge on any atom is 0.337 e. The Labute approximate surface area is 132 Å². The minimum atomic E-state index is -0.445. The fourth-order valence-corrected chi connectivity index (χ4v) is 2.64. The van der Waals surface area contributed by atoms with Crippen LogP contribution in [-0.2, 0) is 9.47 Å². The smallest absolute Gasteiger partial charge is 0.337 e. The quantitative estimate of drug-likeness (QED) is 0.744. The van der Waals surface area contributed by atoms with Crippen LogP contribution in [0.5, 0.6) is 0 Å². The molecule has 0 amide bonds. The van der Waals surface area contributed by atoms with Gasteiger partial charge in [0.2, 0.25) is 0 Å². The van der Waals surface area contributed by atoms with Crippen molar-refractivity contribution in [2.45, 2.75) is 40.0 Å². The normalized spacial score (nSPS) is 12.4. The van der Waals surface area contributed by atoms with E-state index >= 15 is 0 Å². The molecule has 0 bridgehead atoms. The van der Waals surface area contributed by atoms with E-state index in [2.05, 4.69) is 27.7 Å². The highest BCUT2D eigenvalue weighted by molar-refractivity contribution is 5.95. The molecule has 0 fully saturated rings. The van der Waals surface area contributed by atoms with Crippen molar-refractivity contribution >= 4 is 11.9 Å². The average Bonchev–Trinajstić information content (AvgIpc) is 2.49. The molecule has 0 saturated carbocycles. The number of hydrogen-bond donors (Lipinski definition) is 0. The molecule has 0 aliphatic heterocycles. The van der Waals surface area contributed by atoms with Gasteiger partial charge in [-0.15, -0.1) is 0 Å². The first kappa shape index (κ1) is 18.2. The molecule has 1 unspecified atom stereocenters. The third kappa shape index (κ3) is 4.58. The summed E-state index contributed by atoms with van der Waals surface area (Å²) < 4.78 is 9.58. The summed E-state index contributed by atoms with van der Waals surface area (Å²) in [4.78, 5) is 23.7. The van der Waals surface area contributed by atoms with Crippen molar-refractivity contribution in [3.63, 3.8) is 0 Å². The maximum atomic E-state index is 11.9. The molecule has 0 aliphatic rings. The first-order chi connectivity index (χ1) is 10.3. The van der Waals surface area contributed by atoms with Gasteiger partial charge in [-0.3, -0.25) is 0 Å². The molecule has 0 aliphatic carbocycles. The second-order valence-electron chi connectivity index (χ2n) is 6.31. The van der Waals surface area contributed by atoms with Crippen LogP contribution in [0.3, 0.4) is 0 Å². The third-order valence-electron chi connectivity index (χ3n) is 3.76. The Balaban J connectivity index is 3.37. The van der Waals surface area contributed by atoms with Crippen LogP contribution < -0.4 is 0 Å². The van der Waals surface area contributed by atoms with E-state index in [9.17, 15) is 9.59 Å². The summed E-state index contributed by atoms with van der Waals surface area (Å²) in [5.74, 6) is 0.308. The predicted octanol–water partition coefficient (Wildman–Crippen LogP) is 4.05. The molecule has 4 nitrogen and oxygen atoms in total. The van der Waals surface area contributed by atoms with Crippen LogP contribution >= 0.6 is 0 Å². The van der Waals surface area contributed by atoms with Crippen molar-refractivity contribution < 1.29 is 19.1 Å². The molecular formula is C18H26O4. The molecule has 0 N–H and O–H groups in total. The van der Waals surface area contributed by atoms with Crippen LogP contribution in [0.2, 0.25) is 0 Å². The van der Waals surface area contributed by atoms with Crippen molar-refractivity contribution in [2.75, 3.05) is 14.2 Å². The SMILES string of the molecule is COC(=O)c1cc(C(=O)OC)cc(C(CC(C)C)C(C)C)c1. The van der Waals surface area contributed by atoms with E-state index in [1.165, 1.54) is 20.3 Å². The van der Waals surface area contributed by atoms with Crippen LogP contribution in [0, 0.1) is 11.8 Å². The van der Waals surface area contributed by atoms with Gasteiger partial charge in [-0.2, -0.15) is 0 Å². The maximum absolute atomic E-state index is 11.9. The number of ether oxygens (including phenoxy) is 2. The first-order valence-electron chi connectivity index (χ1n) is 7.61. The van der Waals surface area contributed by atoms with E-state index in [0.29, 0.717) is 23.0 Å². The van der Waals surface area contributed by atoms with E-state index < -0.39 is 11.9 Å². The molecule has 22 heavy (non-hydrogen) atoms. The zero-order chi connectivity index (χ0) is 16.9. The zero-order valence-electron chi connectivity index (χ0n) is 14.3. The summed E-state index contributed by atoms with van der Waals surface area (Å²) >= 11 is 0. The molecule has 1 aromatic rings. The van der Waals surface area contributed by atoms with E-state index in [1.54, 1.807) is 0 Å². The van der Waals surface area contributed by atoms with Gasteiger partial charge in [0.05, 0.1) is 25.3 Å². The van der Waals surface area contributed by atoms with Gasteiger partial charge in [0.1, 0.15) is 0 Å². The summed E-state index contributed by atoms with van der Waals surface area (Å²) in [6, 6.07) is 5.17. The summed E-state index contributed by atoms with van der Waals surface area (Å²) in [5, 5.41) is 0. The zero-order valence-corrected chi connectivity index (χ0v) is 14.3. The highest BCUT2D eigenvalue weighted by Crippen LogP contribution is 2.32. The van der Waals surface area contributed by atoms with E-state index in [1.807, 2.05) is 12.1 Å². The summed E-state index contributed by atoms with van der Waals surface area (Å²) in [5.41, 5.74) is 1.75. The number of benzene rings is 1. The number of methoxy groups -OCH3 is 2. The van der Waals surface area contributed by atoms with Gasteiger partial charge in [-0.25, -0.2) is 9.59 Å². The first-order valence-corrected chi connectivity index (χ1v) is 7.61. The fourth-order valence-electron chi connectivity index (χ4n) is 2.64. The fraction of sp³-hybridized carbons (Fsp3) is 0.556. The standard InChI is InChI=1S/C18H26O4/c1-11(2)7-16(12(3)4)13-8-14(17(19)21-5)10-15(9-13)18(20)22-6/h8-12,16H,7H2,1-6H3. The Morgan fingerprint density at radius 3 is 1.68 bits per heavy atom. The van der Waals surface area contributed by atoms with Gasteiger partial charge in [0.15, 0.2) is 0 Å². The van der Waals surface area contributed by atoms with Gasteiger partial charge in [-0.1, -0.05) is 27.7 Å². The monoisotopic (exact) mass is 306 g/mol.